The number of hydrogen-bond acceptors (Lipinski definition) is 34. The molecule has 34 nitrogen and oxygen atoms in total. The van der Waals surface area contributed by atoms with Crippen molar-refractivity contribution in [2.75, 3.05) is 39.6 Å². The molecule has 0 unspecified atom stereocenters. The number of aliphatic hydroxyl groups is 22. The lowest BCUT2D eigenvalue weighted by molar-refractivity contribution is -0.380. The molecule has 0 aromatic heterocycles. The molecule has 0 amide bonds. The zero-order chi connectivity index (χ0) is 73.5. The Hall–Kier alpha value is -1.62. The average molecular weight is 1450 g/mol. The van der Waals surface area contributed by atoms with Crippen LogP contribution in [0.5, 0.6) is 0 Å². The highest BCUT2D eigenvalue weighted by Crippen LogP contribution is 2.75. The minimum absolute atomic E-state index is 0.00756. The van der Waals surface area contributed by atoms with Gasteiger partial charge in [0.25, 0.3) is 0 Å². The maximum Gasteiger partial charge on any atom is 0.187 e. The Morgan fingerprint density at radius 1 is 0.460 bits per heavy atom. The Kier molecular flexibility index (Phi) is 25.5. The molecule has 3 saturated carbocycles. The Morgan fingerprint density at radius 2 is 0.860 bits per heavy atom. The zero-order valence-electron chi connectivity index (χ0n) is 57.6. The number of aliphatic hydroxyl groups excluding tert-OH is 21. The van der Waals surface area contributed by atoms with Crippen LogP contribution in [0.15, 0.2) is 11.6 Å². The summed E-state index contributed by atoms with van der Waals surface area (Å²) in [5.41, 5.74) is -3.02. The van der Waals surface area contributed by atoms with Crippen molar-refractivity contribution in [3.8, 4) is 0 Å². The molecule has 40 atom stereocenters. The lowest BCUT2D eigenvalue weighted by Crippen LogP contribution is -2.66. The van der Waals surface area contributed by atoms with E-state index in [4.69, 9.17) is 56.8 Å². The molecule has 0 aromatic carbocycles. The van der Waals surface area contributed by atoms with Gasteiger partial charge in [0.15, 0.2) is 37.7 Å². The minimum atomic E-state index is -1.99. The maximum absolute atomic E-state index is 13.0. The Bertz CT molecular complexity index is 2670. The van der Waals surface area contributed by atoms with Gasteiger partial charge in [0.2, 0.25) is 0 Å². The van der Waals surface area contributed by atoms with Crippen LogP contribution in [0.25, 0.3) is 0 Å². The summed E-state index contributed by atoms with van der Waals surface area (Å²) >= 11 is 0. The number of hydrogen-bond donors (Lipinski definition) is 22. The summed E-state index contributed by atoms with van der Waals surface area (Å²) in [6.07, 6.45) is -48.7. The molecular weight excluding hydrogens is 1340 g/mol. The Labute approximate surface area is 579 Å². The van der Waals surface area contributed by atoms with E-state index in [0.717, 1.165) is 18.4 Å². The van der Waals surface area contributed by atoms with Crippen molar-refractivity contribution in [2.24, 2.45) is 45.3 Å². The molecule has 0 radical (unpaired) electrons. The molecule has 4 aliphatic carbocycles. The first kappa shape index (κ1) is 80.9. The molecule has 10 rings (SSSR count). The summed E-state index contributed by atoms with van der Waals surface area (Å²) in [4.78, 5) is 0. The molecule has 34 heteroatoms. The van der Waals surface area contributed by atoms with Gasteiger partial charge in [-0.25, -0.2) is 0 Å². The third-order valence-electron chi connectivity index (χ3n) is 25.0. The molecule has 6 heterocycles. The summed E-state index contributed by atoms with van der Waals surface area (Å²) in [6, 6.07) is 0. The van der Waals surface area contributed by atoms with Gasteiger partial charge < -0.3 is 169 Å². The van der Waals surface area contributed by atoms with Gasteiger partial charge in [-0.2, -0.15) is 0 Å². The van der Waals surface area contributed by atoms with Crippen molar-refractivity contribution in [2.45, 2.75) is 315 Å². The topological polar surface area (TPSA) is 556 Å². The van der Waals surface area contributed by atoms with Crippen molar-refractivity contribution in [1.29, 1.82) is 0 Å². The van der Waals surface area contributed by atoms with E-state index in [1.807, 2.05) is 13.8 Å². The number of allylic oxidation sites excluding steroid dienone is 1. The van der Waals surface area contributed by atoms with Gasteiger partial charge in [-0.05, 0) is 99.7 Å². The summed E-state index contributed by atoms with van der Waals surface area (Å²) in [6.45, 7) is 11.3. The highest BCUT2D eigenvalue weighted by Gasteiger charge is 2.71. The smallest absolute Gasteiger partial charge is 0.187 e. The maximum atomic E-state index is 13.0. The molecule has 0 aromatic rings. The predicted octanol–water partition coefficient (Wildman–Crippen LogP) is -7.58. The van der Waals surface area contributed by atoms with Crippen molar-refractivity contribution < 1.29 is 169 Å². The predicted molar refractivity (Wildman–Crippen MR) is 333 cm³/mol. The standard InChI is InChI=1S/C66H112O34/c1-24(9-13-37(63(4,5)88)98-61-55(100-59-53(87)47(81)41(75)31(21-70)94-59)49(83)43(77)33(96-61)23-90-57-51(85)45(79)39(73)29(19-68)92-57)25-15-16-64(6)34-12-10-26-27(66(34,8)35(71)17-65(25,64)7)11-14-36(62(26,2)3)97-60-54(99-58-52(86)46(80)40(74)30(20-69)93-58)48(82)42(76)32(95-60)22-89-56-50(84)44(78)38(72)28(18-67)91-56/h10,24-25,27-61,67-88H,9,11-23H2,1-8H3/t24-,25-,27-,28-,29-,30-,31-,32-,33-,34-,35-,36+,37-,38-,39-,40-,41-,42-,43-,44+,45+,46+,47+,48+,49+,50-,51-,52-,53-,54-,55-,56-,57-,58+,59+,60+,61+,64+,65-,66+/m1/s1. The highest BCUT2D eigenvalue weighted by molar-refractivity contribution is 5.32. The third kappa shape index (κ3) is 14.8. The molecule has 9 fully saturated rings. The number of fused-ring (bicyclic) bond motifs is 5. The van der Waals surface area contributed by atoms with E-state index in [2.05, 4.69) is 33.8 Å². The Morgan fingerprint density at radius 3 is 1.30 bits per heavy atom. The largest absolute Gasteiger partial charge is 0.394 e. The molecule has 100 heavy (non-hydrogen) atoms. The fourth-order valence-electron chi connectivity index (χ4n) is 18.5. The molecule has 10 aliphatic rings. The second-order valence-electron chi connectivity index (χ2n) is 31.5. The molecular formula is C66H112O34. The average Bonchev–Trinajstić information content (AvgIpc) is 1.33. The second kappa shape index (κ2) is 31.5. The highest BCUT2D eigenvalue weighted by atomic mass is 16.8. The van der Waals surface area contributed by atoms with E-state index in [9.17, 15) is 112 Å². The zero-order valence-corrected chi connectivity index (χ0v) is 57.6. The van der Waals surface area contributed by atoms with Crippen LogP contribution in [0.2, 0.25) is 0 Å². The fraction of sp³-hybridized carbons (Fsp3) is 0.970. The van der Waals surface area contributed by atoms with E-state index >= 15 is 0 Å². The van der Waals surface area contributed by atoms with Crippen molar-refractivity contribution in [3.63, 3.8) is 0 Å². The lowest BCUT2D eigenvalue weighted by Gasteiger charge is -2.67. The molecule has 22 N–H and O–H groups in total. The fourth-order valence-corrected chi connectivity index (χ4v) is 18.5. The van der Waals surface area contributed by atoms with Gasteiger partial charge in [-0.15, -0.1) is 0 Å². The molecule has 0 bridgehead atoms. The quantitative estimate of drug-likeness (QED) is 0.0423. The van der Waals surface area contributed by atoms with E-state index in [1.54, 1.807) is 0 Å². The monoisotopic (exact) mass is 1450 g/mol. The first-order valence-electron chi connectivity index (χ1n) is 35.1. The number of ether oxygens (including phenoxy) is 12. The molecule has 6 saturated heterocycles. The summed E-state index contributed by atoms with van der Waals surface area (Å²) in [5, 5.41) is 239. The van der Waals surface area contributed by atoms with Gasteiger partial charge in [-0.1, -0.05) is 53.2 Å². The summed E-state index contributed by atoms with van der Waals surface area (Å²) < 4.78 is 72.0. The molecule has 0 spiro atoms. The van der Waals surface area contributed by atoms with Gasteiger partial charge >= 0.3 is 0 Å². The second-order valence-corrected chi connectivity index (χ2v) is 31.5. The van der Waals surface area contributed by atoms with E-state index in [1.165, 1.54) is 13.8 Å². The van der Waals surface area contributed by atoms with E-state index in [0.29, 0.717) is 32.1 Å². The molecule has 6 aliphatic heterocycles. The van der Waals surface area contributed by atoms with Crippen LogP contribution < -0.4 is 0 Å². The van der Waals surface area contributed by atoms with Crippen molar-refractivity contribution >= 4 is 0 Å². The van der Waals surface area contributed by atoms with Gasteiger partial charge in [0.1, 0.15) is 146 Å². The normalized spacial score (nSPS) is 52.1. The van der Waals surface area contributed by atoms with Gasteiger partial charge in [0, 0.05) is 10.8 Å². The van der Waals surface area contributed by atoms with E-state index < -0.39 is 264 Å². The van der Waals surface area contributed by atoms with Gasteiger partial charge in [-0.3, -0.25) is 0 Å². The third-order valence-corrected chi connectivity index (χ3v) is 25.0. The first-order chi connectivity index (χ1) is 46.9. The van der Waals surface area contributed by atoms with Crippen molar-refractivity contribution in [3.05, 3.63) is 11.6 Å². The minimum Gasteiger partial charge on any atom is -0.394 e. The number of rotatable bonds is 23. The van der Waals surface area contributed by atoms with Crippen LogP contribution in [-0.4, -0.2) is 360 Å². The van der Waals surface area contributed by atoms with Crippen LogP contribution in [0.3, 0.4) is 0 Å². The van der Waals surface area contributed by atoms with Crippen LogP contribution in [0.1, 0.15) is 107 Å². The first-order valence-corrected chi connectivity index (χ1v) is 35.1. The van der Waals surface area contributed by atoms with Crippen LogP contribution in [0.4, 0.5) is 0 Å². The van der Waals surface area contributed by atoms with Crippen molar-refractivity contribution in [1.82, 2.24) is 0 Å². The molecule has 580 valence electrons. The SMILES string of the molecule is C[C@H](CC[C@@H](O[C@@H]1O[C@H](CO[C@@H]2O[C@H](CO)[C@@H](O)[C@H](O)[C@H]2O)[C@@H](O)[C@H](O)[C@H]1O[C@@H]1O[C@H](CO)[C@@H](O)[C@H](O)[C@H]1O)C(C)(C)O)[C@H]1CC[C@@]2(C)[C@H]3CC=C4[C@@H](CC[C@H](O[C@@H]5O[C@H](CO[C@@H]6O[C@H](CO)[C@@H](O)[C@H](O)[C@H]6O)[C@@H](O)[C@H](O)[C@H]5O[C@@H]5O[C@H](CO)[C@@H](O)[C@H](O)[C@H]5O)C4(C)C)[C@]3(C)[C@H](O)C[C@]12C. The summed E-state index contributed by atoms with van der Waals surface area (Å²) in [5.74, 6) is -0.322. The van der Waals surface area contributed by atoms with Crippen LogP contribution in [0, 0.1) is 45.3 Å². The van der Waals surface area contributed by atoms with E-state index in [-0.39, 0.29) is 35.5 Å². The lowest BCUT2D eigenvalue weighted by atomic mass is 9.38. The van der Waals surface area contributed by atoms with Gasteiger partial charge in [0.05, 0.1) is 63.6 Å². The van der Waals surface area contributed by atoms with Crippen LogP contribution in [-0.2, 0) is 56.8 Å². The summed E-state index contributed by atoms with van der Waals surface area (Å²) in [7, 11) is 0. The van der Waals surface area contributed by atoms with Crippen LogP contribution >= 0.6 is 0 Å². The Balaban J connectivity index is 0.853.